The molecule has 5 heteroatoms. The molecule has 1 fully saturated rings. The van der Waals surface area contributed by atoms with Gasteiger partial charge in [-0.3, -0.25) is 0 Å². The average molecular weight is 175 g/mol. The normalized spacial score (nSPS) is 41.9. The van der Waals surface area contributed by atoms with Gasteiger partial charge in [0.25, 0.3) is 0 Å². The quantitative estimate of drug-likeness (QED) is 0.522. The molecule has 0 aliphatic carbocycles. The molecular weight excluding hydrogens is 171 g/mol. The van der Waals surface area contributed by atoms with E-state index in [1.807, 2.05) is 0 Å². The summed E-state index contributed by atoms with van der Waals surface area (Å²) in [6, 6.07) is 0. The van der Waals surface area contributed by atoms with Crippen LogP contribution in [0.2, 0.25) is 0 Å². The molecule has 1 unspecified atom stereocenters. The van der Waals surface area contributed by atoms with Crippen LogP contribution in [0, 0.1) is 0 Å². The van der Waals surface area contributed by atoms with Crippen molar-refractivity contribution in [2.75, 3.05) is 12.4 Å². The highest BCUT2D eigenvalue weighted by Crippen LogP contribution is 2.67. The van der Waals surface area contributed by atoms with Gasteiger partial charge in [0.15, 0.2) is 0 Å². The summed E-state index contributed by atoms with van der Waals surface area (Å²) in [4.78, 5) is -1.82. The molecule has 0 aromatic carbocycles. The number of hydrogen-bond acceptors (Lipinski definition) is 3. The van der Waals surface area contributed by atoms with Crippen LogP contribution in [-0.4, -0.2) is 12.4 Å². The van der Waals surface area contributed by atoms with Gasteiger partial charge >= 0.3 is 0 Å². The smallest absolute Gasteiger partial charge is 0.207 e. The molecule has 1 rings (SSSR count). The molecule has 0 aromatic rings. The van der Waals surface area contributed by atoms with Crippen LogP contribution in [0.25, 0.3) is 0 Å². The summed E-state index contributed by atoms with van der Waals surface area (Å²) in [7, 11) is 0. The van der Waals surface area contributed by atoms with Gasteiger partial charge in [-0.15, -0.1) is 0 Å². The fourth-order valence-electron chi connectivity index (χ4n) is 0.330. The van der Waals surface area contributed by atoms with Gasteiger partial charge in [0, 0.05) is 5.75 Å². The van der Waals surface area contributed by atoms with E-state index in [1.165, 1.54) is 0 Å². The maximum absolute atomic E-state index is 5.63. The summed E-state index contributed by atoms with van der Waals surface area (Å²) in [5, 5.41) is 0. The Morgan fingerprint density at radius 1 is 1.86 bits per heavy atom. The van der Waals surface area contributed by atoms with Gasteiger partial charge in [0.05, 0.1) is 6.61 Å². The van der Waals surface area contributed by atoms with Crippen LogP contribution in [0.5, 0.6) is 0 Å². The van der Waals surface area contributed by atoms with E-state index in [2.05, 4.69) is 0 Å². The highest BCUT2D eigenvalue weighted by molar-refractivity contribution is 8.76. The van der Waals surface area contributed by atoms with Crippen molar-refractivity contribution in [2.24, 2.45) is 0 Å². The Labute approximate surface area is 56.4 Å². The Kier molecular flexibility index (Phi) is 2.04. The molecule has 1 nitrogen and oxygen atoms in total. The summed E-state index contributed by atoms with van der Waals surface area (Å²) in [6.45, 7) is 0.742. The lowest BCUT2D eigenvalue weighted by atomic mass is 10.9. The second-order valence-electron chi connectivity index (χ2n) is 1.10. The molecule has 0 radical (unpaired) electrons. The van der Waals surface area contributed by atoms with E-state index in [0.717, 1.165) is 12.4 Å². The van der Waals surface area contributed by atoms with Crippen molar-refractivity contribution >= 4 is 39.2 Å². The van der Waals surface area contributed by atoms with Crippen LogP contribution in [-0.2, 0) is 16.3 Å². The van der Waals surface area contributed by atoms with Gasteiger partial charge in [-0.25, -0.2) is 0 Å². The fraction of sp³-hybridized carbons (Fsp3) is 1.00. The maximum atomic E-state index is 5.63. The average Bonchev–Trinajstić information content (AvgIpc) is 1.84. The first-order valence-electron chi connectivity index (χ1n) is 1.79. The molecular formula is C2H4ClOPS2. The summed E-state index contributed by atoms with van der Waals surface area (Å²) < 4.78 is 4.99. The van der Waals surface area contributed by atoms with Crippen LogP contribution < -0.4 is 0 Å². The molecule has 0 bridgehead atoms. The minimum Gasteiger partial charge on any atom is -0.330 e. The minimum absolute atomic E-state index is 0.742. The van der Waals surface area contributed by atoms with E-state index in [9.17, 15) is 0 Å². The molecule has 0 amide bonds. The monoisotopic (exact) mass is 174 g/mol. The zero-order valence-corrected chi connectivity index (χ0v) is 6.75. The van der Waals surface area contributed by atoms with E-state index in [1.54, 1.807) is 11.4 Å². The Morgan fingerprint density at radius 3 is 2.71 bits per heavy atom. The lowest BCUT2D eigenvalue weighted by Crippen LogP contribution is -1.75. The summed E-state index contributed by atoms with van der Waals surface area (Å²) in [6.07, 6.45) is 0. The minimum atomic E-state index is -1.82. The molecule has 1 aliphatic rings. The van der Waals surface area contributed by atoms with Crippen LogP contribution in [0.15, 0.2) is 0 Å². The van der Waals surface area contributed by atoms with Crippen molar-refractivity contribution in [2.45, 2.75) is 0 Å². The second-order valence-corrected chi connectivity index (χ2v) is 10.1. The first-order valence-corrected chi connectivity index (χ1v) is 7.01. The third-order valence-electron chi connectivity index (χ3n) is 0.574. The molecule has 1 heterocycles. The van der Waals surface area contributed by atoms with Gasteiger partial charge in [-0.1, -0.05) is 11.4 Å². The van der Waals surface area contributed by atoms with Crippen molar-refractivity contribution in [1.29, 1.82) is 0 Å². The molecule has 0 saturated carbocycles. The molecule has 0 aromatic heterocycles. The predicted molar refractivity (Wildman–Crippen MR) is 38.5 cm³/mol. The zero-order chi connectivity index (χ0) is 5.33. The van der Waals surface area contributed by atoms with E-state index in [0.29, 0.717) is 0 Å². The summed E-state index contributed by atoms with van der Waals surface area (Å²) in [5.41, 5.74) is 0. The van der Waals surface area contributed by atoms with Crippen molar-refractivity contribution in [3.63, 3.8) is 0 Å². The number of halogens is 1. The summed E-state index contributed by atoms with van der Waals surface area (Å²) in [5.74, 6) is 0.973. The first kappa shape index (κ1) is 6.37. The largest absolute Gasteiger partial charge is 0.330 e. The van der Waals surface area contributed by atoms with Gasteiger partial charge in [-0.05, 0) is 23.0 Å². The van der Waals surface area contributed by atoms with Crippen LogP contribution in [0.4, 0.5) is 0 Å². The third-order valence-corrected chi connectivity index (χ3v) is 5.95. The molecule has 1 atom stereocenters. The number of rotatable bonds is 0. The molecule has 7 heavy (non-hydrogen) atoms. The predicted octanol–water partition coefficient (Wildman–Crippen LogP) is 2.21. The number of hydrogen-bond donors (Lipinski definition) is 0. The Balaban J connectivity index is 2.57. The van der Waals surface area contributed by atoms with Gasteiger partial charge in [0.2, 0.25) is 4.82 Å². The zero-order valence-electron chi connectivity index (χ0n) is 3.46. The van der Waals surface area contributed by atoms with E-state index in [4.69, 9.17) is 27.6 Å². The Morgan fingerprint density at radius 2 is 2.57 bits per heavy atom. The van der Waals surface area contributed by atoms with E-state index < -0.39 is 4.82 Å². The highest BCUT2D eigenvalue weighted by Gasteiger charge is 2.20. The Bertz CT molecular complexity index is 106. The van der Waals surface area contributed by atoms with Gasteiger partial charge in [-0.2, -0.15) is 0 Å². The lowest BCUT2D eigenvalue weighted by molar-refractivity contribution is 0.405. The summed E-state index contributed by atoms with van der Waals surface area (Å²) >= 11 is 12.0. The maximum Gasteiger partial charge on any atom is 0.207 e. The van der Waals surface area contributed by atoms with E-state index >= 15 is 0 Å². The molecule has 1 saturated heterocycles. The highest BCUT2D eigenvalue weighted by atomic mass is 35.7. The third kappa shape index (κ3) is 1.90. The van der Waals surface area contributed by atoms with Crippen LogP contribution >= 0.6 is 27.4 Å². The van der Waals surface area contributed by atoms with Gasteiger partial charge < -0.3 is 4.52 Å². The van der Waals surface area contributed by atoms with Crippen LogP contribution in [0.3, 0.4) is 0 Å². The molecule has 0 spiro atoms. The van der Waals surface area contributed by atoms with Crippen molar-refractivity contribution in [3.8, 4) is 0 Å². The standard InChI is InChI=1S/C2H4ClOPS2/c3-5(6)4-1-2-7-5/h1-2H2. The Hall–Kier alpha value is 1.25. The molecule has 42 valence electrons. The van der Waals surface area contributed by atoms with Crippen molar-refractivity contribution in [3.05, 3.63) is 0 Å². The second kappa shape index (κ2) is 2.24. The van der Waals surface area contributed by atoms with Crippen LogP contribution in [0.1, 0.15) is 0 Å². The van der Waals surface area contributed by atoms with Gasteiger partial charge in [0.1, 0.15) is 0 Å². The lowest BCUT2D eigenvalue weighted by Gasteiger charge is -1.97. The molecule has 1 aliphatic heterocycles. The SMILES string of the molecule is S=P1(Cl)OCCS1. The fourth-order valence-corrected chi connectivity index (χ4v) is 4.26. The van der Waals surface area contributed by atoms with E-state index in [-0.39, 0.29) is 0 Å². The van der Waals surface area contributed by atoms with Crippen molar-refractivity contribution in [1.82, 2.24) is 0 Å². The van der Waals surface area contributed by atoms with Crippen molar-refractivity contribution < 1.29 is 4.52 Å². The molecule has 0 N–H and O–H groups in total. The topological polar surface area (TPSA) is 9.23 Å². The first-order chi connectivity index (χ1) is 3.21.